The van der Waals surface area contributed by atoms with Crippen molar-refractivity contribution in [3.05, 3.63) is 41.5 Å². The molecule has 2 aliphatic carbocycles. The number of nitrogens with two attached hydrogens (primary N) is 1. The first-order valence-corrected chi connectivity index (χ1v) is 10.3. The minimum atomic E-state index is -0.912. The predicted octanol–water partition coefficient (Wildman–Crippen LogP) is 3.37. The molecular formula is C21H24F2N6O2. The Morgan fingerprint density at radius 1 is 1.19 bits per heavy atom. The second-order valence-electron chi connectivity index (χ2n) is 8.38. The zero-order valence-electron chi connectivity index (χ0n) is 16.9. The van der Waals surface area contributed by atoms with E-state index >= 15 is 0 Å². The molecule has 1 spiro atoms. The van der Waals surface area contributed by atoms with E-state index in [0.29, 0.717) is 6.42 Å². The molecule has 2 aliphatic rings. The number of halogens is 2. The molecule has 10 heteroatoms. The number of carboxylic acid groups (broad SMARTS) is 1. The summed E-state index contributed by atoms with van der Waals surface area (Å²) < 4.78 is 28.2. The Balaban J connectivity index is 1.68. The average Bonchev–Trinajstić information content (AvgIpc) is 3.21. The number of carbonyl (C=O) groups is 1. The van der Waals surface area contributed by atoms with Crippen LogP contribution in [0.1, 0.15) is 56.3 Å². The number of rotatable bonds is 5. The van der Waals surface area contributed by atoms with Crippen molar-refractivity contribution in [3.8, 4) is 0 Å². The van der Waals surface area contributed by atoms with Gasteiger partial charge in [-0.15, -0.1) is 0 Å². The summed E-state index contributed by atoms with van der Waals surface area (Å²) in [5, 5.41) is 21.2. The van der Waals surface area contributed by atoms with Crippen molar-refractivity contribution < 1.29 is 18.7 Å². The van der Waals surface area contributed by atoms with Crippen LogP contribution in [0.5, 0.6) is 0 Å². The van der Waals surface area contributed by atoms with Crippen LogP contribution in [0.15, 0.2) is 18.5 Å². The summed E-state index contributed by atoms with van der Waals surface area (Å²) in [6, 6.07) is 0.563. The van der Waals surface area contributed by atoms with Crippen LogP contribution < -0.4 is 11.1 Å². The predicted molar refractivity (Wildman–Crippen MR) is 110 cm³/mol. The molecule has 0 bridgehead atoms. The highest BCUT2D eigenvalue weighted by Crippen LogP contribution is 2.51. The van der Waals surface area contributed by atoms with Crippen molar-refractivity contribution in [1.29, 1.82) is 5.41 Å². The summed E-state index contributed by atoms with van der Waals surface area (Å²) in [4.78, 5) is 23.6. The summed E-state index contributed by atoms with van der Waals surface area (Å²) in [6.07, 6.45) is 7.86. The van der Waals surface area contributed by atoms with Gasteiger partial charge in [-0.2, -0.15) is 0 Å². The molecule has 4 rings (SSSR count). The van der Waals surface area contributed by atoms with Gasteiger partial charge in [0.1, 0.15) is 17.3 Å². The number of hydrogen-bond donors (Lipinski definition) is 4. The van der Waals surface area contributed by atoms with Gasteiger partial charge in [0.15, 0.2) is 17.5 Å². The fourth-order valence-electron chi connectivity index (χ4n) is 5.09. The molecule has 2 fully saturated rings. The van der Waals surface area contributed by atoms with E-state index in [1.165, 1.54) is 0 Å². The Morgan fingerprint density at radius 3 is 2.61 bits per heavy atom. The lowest BCUT2D eigenvalue weighted by molar-refractivity contribution is -0.145. The van der Waals surface area contributed by atoms with Gasteiger partial charge in [0.2, 0.25) is 0 Å². The van der Waals surface area contributed by atoms with Crippen LogP contribution in [0, 0.1) is 28.4 Å². The maximum atomic E-state index is 14.6. The number of pyridine rings is 1. The highest BCUT2D eigenvalue weighted by molar-refractivity contribution is 6.11. The molecule has 0 aliphatic heterocycles. The molecule has 2 aromatic rings. The van der Waals surface area contributed by atoms with E-state index in [-0.39, 0.29) is 34.2 Å². The molecule has 0 saturated heterocycles. The molecule has 2 unspecified atom stereocenters. The van der Waals surface area contributed by atoms with E-state index in [1.807, 2.05) is 0 Å². The smallest absolute Gasteiger partial charge is 0.308 e. The highest BCUT2D eigenvalue weighted by atomic mass is 19.1. The minimum absolute atomic E-state index is 0.00843. The number of hydrogen-bond acceptors (Lipinski definition) is 7. The minimum Gasteiger partial charge on any atom is -0.481 e. The lowest BCUT2D eigenvalue weighted by atomic mass is 9.64. The van der Waals surface area contributed by atoms with E-state index in [9.17, 15) is 18.7 Å². The van der Waals surface area contributed by atoms with Crippen molar-refractivity contribution in [1.82, 2.24) is 15.0 Å². The molecule has 5 N–H and O–H groups in total. The molecule has 31 heavy (non-hydrogen) atoms. The summed E-state index contributed by atoms with van der Waals surface area (Å²) in [5.74, 6) is -3.39. The topological polar surface area (TPSA) is 138 Å². The second-order valence-corrected chi connectivity index (χ2v) is 8.38. The van der Waals surface area contributed by atoms with E-state index in [0.717, 1.165) is 57.0 Å². The molecular weight excluding hydrogens is 406 g/mol. The average molecular weight is 430 g/mol. The largest absolute Gasteiger partial charge is 0.481 e. The Bertz CT molecular complexity index is 1020. The Kier molecular flexibility index (Phi) is 5.55. The van der Waals surface area contributed by atoms with Crippen molar-refractivity contribution in [2.45, 2.75) is 51.0 Å². The van der Waals surface area contributed by atoms with E-state index in [2.05, 4.69) is 20.3 Å². The van der Waals surface area contributed by atoms with Crippen LogP contribution in [-0.4, -0.2) is 37.8 Å². The summed E-state index contributed by atoms with van der Waals surface area (Å²) in [6.45, 7) is 0. The van der Waals surface area contributed by atoms with E-state index in [4.69, 9.17) is 11.1 Å². The van der Waals surface area contributed by atoms with Crippen LogP contribution in [0.3, 0.4) is 0 Å². The first-order chi connectivity index (χ1) is 14.8. The third kappa shape index (κ3) is 3.94. The molecule has 0 amide bonds. The van der Waals surface area contributed by atoms with E-state index < -0.39 is 29.6 Å². The fourth-order valence-corrected chi connectivity index (χ4v) is 5.09. The van der Waals surface area contributed by atoms with Crippen LogP contribution in [0.25, 0.3) is 0 Å². The Morgan fingerprint density at radius 2 is 1.90 bits per heavy atom. The van der Waals surface area contributed by atoms with Crippen molar-refractivity contribution in [3.63, 3.8) is 0 Å². The highest BCUT2D eigenvalue weighted by Gasteiger charge is 2.49. The quantitative estimate of drug-likeness (QED) is 0.534. The van der Waals surface area contributed by atoms with Gasteiger partial charge in [-0.3, -0.25) is 10.2 Å². The van der Waals surface area contributed by atoms with Crippen molar-refractivity contribution in [2.24, 2.45) is 11.3 Å². The number of aromatic nitrogens is 3. The molecule has 2 aromatic heterocycles. The van der Waals surface area contributed by atoms with Crippen molar-refractivity contribution >= 4 is 23.3 Å². The number of aliphatic carboxylic acids is 1. The van der Waals surface area contributed by atoms with Gasteiger partial charge in [0, 0.05) is 11.6 Å². The van der Waals surface area contributed by atoms with Crippen LogP contribution in [0.4, 0.5) is 20.4 Å². The molecule has 2 heterocycles. The normalized spacial score (nSPS) is 22.4. The molecule has 164 valence electrons. The van der Waals surface area contributed by atoms with Crippen LogP contribution in [0.2, 0.25) is 0 Å². The van der Waals surface area contributed by atoms with Crippen molar-refractivity contribution in [2.75, 3.05) is 11.1 Å². The monoisotopic (exact) mass is 430 g/mol. The molecule has 8 nitrogen and oxygen atoms in total. The van der Waals surface area contributed by atoms with Gasteiger partial charge < -0.3 is 16.2 Å². The van der Waals surface area contributed by atoms with Gasteiger partial charge in [-0.1, -0.05) is 19.3 Å². The van der Waals surface area contributed by atoms with Crippen LogP contribution in [-0.2, 0) is 4.79 Å². The third-order valence-electron chi connectivity index (χ3n) is 6.58. The molecule has 2 atom stereocenters. The molecule has 0 radical (unpaired) electrons. The Hall–Kier alpha value is -3.17. The van der Waals surface area contributed by atoms with Gasteiger partial charge in [-0.25, -0.2) is 23.7 Å². The lowest BCUT2D eigenvalue weighted by Crippen LogP contribution is -2.50. The summed E-state index contributed by atoms with van der Waals surface area (Å²) >= 11 is 0. The van der Waals surface area contributed by atoms with E-state index in [1.54, 1.807) is 0 Å². The van der Waals surface area contributed by atoms with Gasteiger partial charge in [0.05, 0.1) is 18.3 Å². The maximum absolute atomic E-state index is 14.6. The number of anilines is 2. The molecule has 0 aromatic carbocycles. The van der Waals surface area contributed by atoms with Crippen LogP contribution >= 0.6 is 0 Å². The van der Waals surface area contributed by atoms with Gasteiger partial charge in [-0.05, 0) is 37.2 Å². The number of nitrogen functional groups attached to an aromatic ring is 1. The molecule has 2 saturated carbocycles. The maximum Gasteiger partial charge on any atom is 0.308 e. The fraction of sp³-hybridized carbons (Fsp3) is 0.476. The second kappa shape index (κ2) is 8.16. The third-order valence-corrected chi connectivity index (χ3v) is 6.58. The summed E-state index contributed by atoms with van der Waals surface area (Å²) in [5.41, 5.74) is 5.21. The van der Waals surface area contributed by atoms with Gasteiger partial charge in [0.25, 0.3) is 0 Å². The first kappa shape index (κ1) is 21.1. The summed E-state index contributed by atoms with van der Waals surface area (Å²) in [7, 11) is 0. The lowest BCUT2D eigenvalue weighted by Gasteiger charge is -2.45. The standard InChI is InChI=1S/C21H24F2N6O2/c22-11-8-13(17(25)26-9-11)15(24)19-27-10-14(23)18(29-19)28-16-12(20(30)31)4-3-7-21(16)5-1-2-6-21/h8-10,12,16,24H,1-7H2,(H2,25,26)(H,30,31)(H,27,28,29). The number of nitrogens with one attached hydrogen (secondary N) is 2. The Labute approximate surface area is 177 Å². The number of nitrogens with zero attached hydrogens (tertiary/aromatic N) is 3. The SMILES string of the molecule is N=C(c1ncc(F)c(NC2C(C(=O)O)CCCC23CCCC3)n1)c1cc(F)cnc1N. The first-order valence-electron chi connectivity index (χ1n) is 10.3. The zero-order valence-corrected chi connectivity index (χ0v) is 16.9. The van der Waals surface area contributed by atoms with Gasteiger partial charge >= 0.3 is 5.97 Å². The number of carboxylic acids is 1. The zero-order chi connectivity index (χ0) is 22.2.